The van der Waals surface area contributed by atoms with Crippen molar-refractivity contribution in [2.75, 3.05) is 6.61 Å². The molecule has 0 aliphatic carbocycles. The lowest BCUT2D eigenvalue weighted by atomic mass is 9.92. The molecular formula is C24H34O7. The molecule has 1 aromatic heterocycles. The average Bonchev–Trinajstić information content (AvgIpc) is 2.70. The van der Waals surface area contributed by atoms with Crippen LogP contribution in [-0.4, -0.2) is 34.7 Å². The number of carbonyl (C=O) groups is 2. The van der Waals surface area contributed by atoms with Crippen molar-refractivity contribution in [3.8, 4) is 5.75 Å². The minimum absolute atomic E-state index is 0.225. The number of aliphatic hydroxyl groups excluding tert-OH is 1. The number of carbonyl (C=O) groups excluding carboxylic acids is 2. The van der Waals surface area contributed by atoms with Crippen LogP contribution in [0.5, 0.6) is 5.75 Å². The van der Waals surface area contributed by atoms with Crippen LogP contribution in [0.3, 0.4) is 0 Å². The Kier molecular flexibility index (Phi) is 11.0. The van der Waals surface area contributed by atoms with Gasteiger partial charge in [0.15, 0.2) is 5.78 Å². The van der Waals surface area contributed by atoms with E-state index in [0.717, 1.165) is 18.4 Å². The fourth-order valence-corrected chi connectivity index (χ4v) is 3.12. The fourth-order valence-electron chi connectivity index (χ4n) is 3.12. The second kappa shape index (κ2) is 12.9. The van der Waals surface area contributed by atoms with E-state index in [4.69, 9.17) is 9.15 Å². The SMILES string of the molecule is CCC/C(C)=C/C(O)C(C)C(=O)c1c(O)cc(C(C)CC/C=C/C(=O)OCC)oc1=O. The van der Waals surface area contributed by atoms with Gasteiger partial charge in [-0.3, -0.25) is 4.79 Å². The van der Waals surface area contributed by atoms with Gasteiger partial charge in [0.1, 0.15) is 17.1 Å². The van der Waals surface area contributed by atoms with Gasteiger partial charge in [0.2, 0.25) is 0 Å². The average molecular weight is 435 g/mol. The summed E-state index contributed by atoms with van der Waals surface area (Å²) in [5.74, 6) is -2.43. The molecule has 172 valence electrons. The van der Waals surface area contributed by atoms with Crippen LogP contribution in [0, 0.1) is 5.92 Å². The van der Waals surface area contributed by atoms with E-state index in [1.807, 2.05) is 20.8 Å². The number of allylic oxidation sites excluding steroid dienone is 2. The zero-order valence-corrected chi connectivity index (χ0v) is 19.0. The van der Waals surface area contributed by atoms with Gasteiger partial charge < -0.3 is 19.4 Å². The number of hydrogen-bond donors (Lipinski definition) is 2. The van der Waals surface area contributed by atoms with Gasteiger partial charge in [0, 0.05) is 24.0 Å². The lowest BCUT2D eigenvalue weighted by Crippen LogP contribution is -2.28. The number of rotatable bonds is 12. The summed E-state index contributed by atoms with van der Waals surface area (Å²) >= 11 is 0. The van der Waals surface area contributed by atoms with Gasteiger partial charge in [-0.15, -0.1) is 0 Å². The van der Waals surface area contributed by atoms with Crippen LogP contribution in [0.15, 0.2) is 39.1 Å². The molecule has 7 heteroatoms. The third kappa shape index (κ3) is 8.17. The van der Waals surface area contributed by atoms with Crippen LogP contribution in [0.2, 0.25) is 0 Å². The van der Waals surface area contributed by atoms with Crippen LogP contribution in [0.1, 0.15) is 82.3 Å². The Morgan fingerprint density at radius 1 is 1.26 bits per heavy atom. The molecule has 1 aromatic rings. The molecule has 3 atom stereocenters. The topological polar surface area (TPSA) is 114 Å². The van der Waals surface area contributed by atoms with E-state index >= 15 is 0 Å². The van der Waals surface area contributed by atoms with Gasteiger partial charge in [-0.25, -0.2) is 9.59 Å². The molecule has 31 heavy (non-hydrogen) atoms. The maximum Gasteiger partial charge on any atom is 0.350 e. The zero-order chi connectivity index (χ0) is 23.6. The van der Waals surface area contributed by atoms with Crippen molar-refractivity contribution in [1.82, 2.24) is 0 Å². The highest BCUT2D eigenvalue weighted by Crippen LogP contribution is 2.26. The second-order valence-electron chi connectivity index (χ2n) is 7.74. The van der Waals surface area contributed by atoms with E-state index in [0.29, 0.717) is 19.4 Å². The van der Waals surface area contributed by atoms with Gasteiger partial charge in [0.05, 0.1) is 12.7 Å². The molecular weight excluding hydrogens is 400 g/mol. The first-order valence-electron chi connectivity index (χ1n) is 10.7. The second-order valence-corrected chi connectivity index (χ2v) is 7.74. The monoisotopic (exact) mass is 434 g/mol. The summed E-state index contributed by atoms with van der Waals surface area (Å²) in [5.41, 5.74) is -0.430. The van der Waals surface area contributed by atoms with Gasteiger partial charge in [-0.1, -0.05) is 44.9 Å². The van der Waals surface area contributed by atoms with Crippen molar-refractivity contribution < 1.29 is 29.0 Å². The Bertz CT molecular complexity index is 863. The Balaban J connectivity index is 2.91. The maximum atomic E-state index is 12.7. The number of Topliss-reactive ketones (excluding diaryl/α,β-unsaturated/α-hetero) is 1. The summed E-state index contributed by atoms with van der Waals surface area (Å²) in [6.07, 6.45) is 6.36. The molecule has 1 rings (SSSR count). The Morgan fingerprint density at radius 2 is 1.94 bits per heavy atom. The van der Waals surface area contributed by atoms with Crippen LogP contribution >= 0.6 is 0 Å². The smallest absolute Gasteiger partial charge is 0.350 e. The van der Waals surface area contributed by atoms with E-state index in [2.05, 4.69) is 0 Å². The molecule has 0 saturated heterocycles. The minimum atomic E-state index is -1.07. The van der Waals surface area contributed by atoms with Crippen LogP contribution < -0.4 is 5.63 Å². The van der Waals surface area contributed by atoms with E-state index < -0.39 is 40.7 Å². The number of hydrogen-bond acceptors (Lipinski definition) is 7. The standard InChI is InChI=1S/C24H34O7/c1-6-10-15(3)13-18(25)17(5)23(28)22-19(26)14-20(31-24(22)29)16(4)11-8-9-12-21(27)30-7-2/h9,12-14,16-18,25-26H,6-8,10-11H2,1-5H3/b12-9+,15-13+. The molecule has 0 amide bonds. The predicted molar refractivity (Wildman–Crippen MR) is 118 cm³/mol. The predicted octanol–water partition coefficient (Wildman–Crippen LogP) is 4.27. The minimum Gasteiger partial charge on any atom is -0.507 e. The van der Waals surface area contributed by atoms with Crippen molar-refractivity contribution in [3.05, 3.63) is 51.6 Å². The zero-order valence-electron chi connectivity index (χ0n) is 19.0. The van der Waals surface area contributed by atoms with Crippen molar-refractivity contribution >= 4 is 11.8 Å². The van der Waals surface area contributed by atoms with Gasteiger partial charge >= 0.3 is 11.6 Å². The summed E-state index contributed by atoms with van der Waals surface area (Å²) in [7, 11) is 0. The first-order valence-corrected chi connectivity index (χ1v) is 10.7. The number of ether oxygens (including phenoxy) is 1. The van der Waals surface area contributed by atoms with E-state index in [9.17, 15) is 24.6 Å². The molecule has 1 heterocycles. The molecule has 2 N–H and O–H groups in total. The molecule has 0 aliphatic rings. The van der Waals surface area contributed by atoms with Crippen molar-refractivity contribution in [3.63, 3.8) is 0 Å². The molecule has 0 fully saturated rings. The van der Waals surface area contributed by atoms with Crippen LogP contribution in [0.25, 0.3) is 0 Å². The largest absolute Gasteiger partial charge is 0.507 e. The van der Waals surface area contributed by atoms with Gasteiger partial charge in [-0.05, 0) is 33.1 Å². The Morgan fingerprint density at radius 3 is 2.52 bits per heavy atom. The Hall–Kier alpha value is -2.67. The number of aliphatic hydroxyl groups is 1. The normalized spacial score (nSPS) is 15.0. The summed E-state index contributed by atoms with van der Waals surface area (Å²) in [6.45, 7) is 9.23. The molecule has 0 aromatic carbocycles. The first kappa shape index (κ1) is 26.4. The molecule has 7 nitrogen and oxygen atoms in total. The number of esters is 1. The van der Waals surface area contributed by atoms with E-state index in [1.54, 1.807) is 19.1 Å². The summed E-state index contributed by atoms with van der Waals surface area (Å²) in [5, 5.41) is 20.7. The lowest BCUT2D eigenvalue weighted by molar-refractivity contribution is -0.137. The van der Waals surface area contributed by atoms with Gasteiger partial charge in [0.25, 0.3) is 0 Å². The summed E-state index contributed by atoms with van der Waals surface area (Å²) < 4.78 is 10.1. The number of ketones is 1. The summed E-state index contributed by atoms with van der Waals surface area (Å²) in [4.78, 5) is 36.4. The number of aromatic hydroxyl groups is 1. The molecule has 0 bridgehead atoms. The fraction of sp³-hybridized carbons (Fsp3) is 0.542. The van der Waals surface area contributed by atoms with Crippen LogP contribution in [-0.2, 0) is 9.53 Å². The van der Waals surface area contributed by atoms with Crippen LogP contribution in [0.4, 0.5) is 0 Å². The third-order valence-electron chi connectivity index (χ3n) is 5.01. The third-order valence-corrected chi connectivity index (χ3v) is 5.01. The molecule has 0 aliphatic heterocycles. The quantitative estimate of drug-likeness (QED) is 0.218. The Labute approximate surface area is 183 Å². The molecule has 3 unspecified atom stereocenters. The highest BCUT2D eigenvalue weighted by molar-refractivity contribution is 6.00. The van der Waals surface area contributed by atoms with Crippen molar-refractivity contribution in [2.24, 2.45) is 5.92 Å². The first-order chi connectivity index (χ1) is 14.6. The van der Waals surface area contributed by atoms with Crippen molar-refractivity contribution in [2.45, 2.75) is 72.3 Å². The molecule has 0 spiro atoms. The van der Waals surface area contributed by atoms with E-state index in [1.165, 1.54) is 19.1 Å². The van der Waals surface area contributed by atoms with E-state index in [-0.39, 0.29) is 11.7 Å². The summed E-state index contributed by atoms with van der Waals surface area (Å²) in [6, 6.07) is 1.27. The van der Waals surface area contributed by atoms with Crippen molar-refractivity contribution in [1.29, 1.82) is 0 Å². The molecule has 0 saturated carbocycles. The highest BCUT2D eigenvalue weighted by Gasteiger charge is 2.28. The maximum absolute atomic E-state index is 12.7. The van der Waals surface area contributed by atoms with Gasteiger partial charge in [-0.2, -0.15) is 0 Å². The lowest BCUT2D eigenvalue weighted by Gasteiger charge is -2.16. The highest BCUT2D eigenvalue weighted by atomic mass is 16.5. The molecule has 0 radical (unpaired) electrons.